The van der Waals surface area contributed by atoms with Gasteiger partial charge in [-0.25, -0.2) is 9.59 Å². The fourth-order valence-electron chi connectivity index (χ4n) is 0.990. The Hall–Kier alpha value is -1.78. The van der Waals surface area contributed by atoms with E-state index in [2.05, 4.69) is 9.31 Å². The molecule has 0 saturated heterocycles. The summed E-state index contributed by atoms with van der Waals surface area (Å²) in [5.41, 5.74) is 0.775. The fraction of sp³-hybridized carbons (Fsp3) is 0. The summed E-state index contributed by atoms with van der Waals surface area (Å²) in [5, 5.41) is 0. The minimum absolute atomic E-state index is 0.387. The van der Waals surface area contributed by atoms with E-state index in [0.717, 1.165) is 7.69 Å². The lowest BCUT2D eigenvalue weighted by Gasteiger charge is -1.98. The van der Waals surface area contributed by atoms with Gasteiger partial charge in [-0.15, -0.1) is 0 Å². The maximum Gasteiger partial charge on any atom is 0.662 e. The maximum atomic E-state index is 11.1. The molecule has 0 aromatic heterocycles. The number of carbonyl (C=O) groups is 2. The second kappa shape index (κ2) is 2.93. The van der Waals surface area contributed by atoms with Gasteiger partial charge in [0.2, 0.25) is 0 Å². The maximum absolute atomic E-state index is 11.1. The van der Waals surface area contributed by atoms with Crippen molar-refractivity contribution in [3.63, 3.8) is 0 Å². The highest BCUT2D eigenvalue weighted by Crippen LogP contribution is 2.09. The fourth-order valence-corrected chi connectivity index (χ4v) is 0.990. The van der Waals surface area contributed by atoms with E-state index in [4.69, 9.17) is 0 Å². The number of benzene rings is 1. The Kier molecular flexibility index (Phi) is 1.77. The molecule has 0 saturated carbocycles. The number of carbonyl (C=O) groups excluding carboxylic acids is 2. The molecule has 1 radical (unpaired) electrons. The Balaban J connectivity index is 2.46. The third-order valence-corrected chi connectivity index (χ3v) is 1.67. The molecule has 2 aliphatic rings. The average Bonchev–Trinajstić information content (AvgIpc) is 2.25. The highest BCUT2D eigenvalue weighted by molar-refractivity contribution is 6.28. The van der Waals surface area contributed by atoms with Crippen molar-refractivity contribution in [1.82, 2.24) is 0 Å². The van der Waals surface area contributed by atoms with Crippen LogP contribution in [-0.4, -0.2) is 19.6 Å². The average molecular weight is 175 g/mol. The first-order chi connectivity index (χ1) is 6.27. The molecule has 0 amide bonds. The molecular formula is C8H4BO4. The summed E-state index contributed by atoms with van der Waals surface area (Å²) in [6.07, 6.45) is 0. The number of hydrogen-bond donors (Lipinski definition) is 0. The second-order valence-corrected chi connectivity index (χ2v) is 2.48. The van der Waals surface area contributed by atoms with E-state index in [9.17, 15) is 9.59 Å². The summed E-state index contributed by atoms with van der Waals surface area (Å²) in [5.74, 6) is -1.08. The largest absolute Gasteiger partial charge is 0.662 e. The standard InChI is InChI=1S/C8H4BO4/c10-7-5-1-2-6(4-3-5)8(11)13-9-12-7/h1-4H. The second-order valence-electron chi connectivity index (χ2n) is 2.48. The van der Waals surface area contributed by atoms with Gasteiger partial charge in [0.25, 0.3) is 0 Å². The van der Waals surface area contributed by atoms with E-state index < -0.39 is 11.9 Å². The van der Waals surface area contributed by atoms with Crippen LogP contribution in [-0.2, 0) is 9.31 Å². The molecule has 0 aliphatic carbocycles. The van der Waals surface area contributed by atoms with Crippen LogP contribution in [0.2, 0.25) is 0 Å². The first-order valence-corrected chi connectivity index (χ1v) is 3.61. The number of hydrogen-bond acceptors (Lipinski definition) is 4. The molecule has 2 heterocycles. The van der Waals surface area contributed by atoms with E-state index in [-0.39, 0.29) is 0 Å². The predicted octanol–water partition coefficient (Wildman–Crippen LogP) is 0.548. The van der Waals surface area contributed by atoms with Crippen LogP contribution in [0.4, 0.5) is 0 Å². The molecule has 1 aromatic carbocycles. The van der Waals surface area contributed by atoms with Crippen molar-refractivity contribution in [2.45, 2.75) is 0 Å². The van der Waals surface area contributed by atoms with Gasteiger partial charge < -0.3 is 9.31 Å². The molecule has 0 spiro atoms. The van der Waals surface area contributed by atoms with Gasteiger partial charge in [0.1, 0.15) is 0 Å². The van der Waals surface area contributed by atoms with Crippen LogP contribution in [0.25, 0.3) is 0 Å². The summed E-state index contributed by atoms with van der Waals surface area (Å²) < 4.78 is 9.01. The summed E-state index contributed by atoms with van der Waals surface area (Å²) in [6, 6.07) is 6.05. The van der Waals surface area contributed by atoms with Crippen LogP contribution in [0.3, 0.4) is 0 Å². The molecule has 63 valence electrons. The number of fused-ring (bicyclic) bond motifs is 6. The van der Waals surface area contributed by atoms with Crippen LogP contribution in [0.15, 0.2) is 24.3 Å². The molecule has 5 heteroatoms. The van der Waals surface area contributed by atoms with Gasteiger partial charge in [-0.2, -0.15) is 0 Å². The predicted molar refractivity (Wildman–Crippen MR) is 43.0 cm³/mol. The zero-order valence-electron chi connectivity index (χ0n) is 6.52. The van der Waals surface area contributed by atoms with Crippen molar-refractivity contribution in [3.8, 4) is 0 Å². The van der Waals surface area contributed by atoms with Gasteiger partial charge in [0.15, 0.2) is 0 Å². The van der Waals surface area contributed by atoms with Gasteiger partial charge >= 0.3 is 19.6 Å². The van der Waals surface area contributed by atoms with Crippen LogP contribution < -0.4 is 0 Å². The van der Waals surface area contributed by atoms with Crippen molar-refractivity contribution in [2.75, 3.05) is 0 Å². The van der Waals surface area contributed by atoms with Crippen LogP contribution in [0.1, 0.15) is 20.7 Å². The summed E-state index contributed by atoms with van der Waals surface area (Å²) in [7, 11) is 0.741. The molecule has 0 N–H and O–H groups in total. The van der Waals surface area contributed by atoms with Gasteiger partial charge in [0, 0.05) is 0 Å². The lowest BCUT2D eigenvalue weighted by Crippen LogP contribution is -2.13. The Morgan fingerprint density at radius 3 is 1.62 bits per heavy atom. The van der Waals surface area contributed by atoms with E-state index >= 15 is 0 Å². The smallest absolute Gasteiger partial charge is 0.496 e. The lowest BCUT2D eigenvalue weighted by atomic mass is 10.1. The summed E-state index contributed by atoms with van der Waals surface area (Å²) >= 11 is 0. The van der Waals surface area contributed by atoms with Crippen molar-refractivity contribution >= 4 is 19.6 Å². The van der Waals surface area contributed by atoms with Crippen molar-refractivity contribution in [2.24, 2.45) is 0 Å². The topological polar surface area (TPSA) is 52.6 Å². The van der Waals surface area contributed by atoms with E-state index in [1.165, 1.54) is 24.3 Å². The van der Waals surface area contributed by atoms with Gasteiger partial charge in [-0.05, 0) is 24.3 Å². The highest BCUT2D eigenvalue weighted by atomic mass is 16.6. The SMILES string of the molecule is O=C1O[B]OC(=O)c2ccc1cc2. The summed E-state index contributed by atoms with van der Waals surface area (Å²) in [6.45, 7) is 0. The molecule has 3 rings (SSSR count). The lowest BCUT2D eigenvalue weighted by molar-refractivity contribution is 0.0637. The van der Waals surface area contributed by atoms with Crippen molar-refractivity contribution < 1.29 is 18.9 Å². The molecular weight excluding hydrogens is 171 g/mol. The van der Waals surface area contributed by atoms with E-state index in [1.54, 1.807) is 0 Å². The Morgan fingerprint density at radius 1 is 0.846 bits per heavy atom. The zero-order valence-corrected chi connectivity index (χ0v) is 6.52. The van der Waals surface area contributed by atoms with Gasteiger partial charge in [0.05, 0.1) is 11.1 Å². The minimum Gasteiger partial charge on any atom is -0.496 e. The quantitative estimate of drug-likeness (QED) is 0.540. The molecule has 0 fully saturated rings. The molecule has 4 nitrogen and oxygen atoms in total. The third-order valence-electron chi connectivity index (χ3n) is 1.67. The first kappa shape index (κ1) is 7.85. The molecule has 13 heavy (non-hydrogen) atoms. The molecule has 0 atom stereocenters. The zero-order chi connectivity index (χ0) is 9.26. The minimum atomic E-state index is -0.541. The van der Waals surface area contributed by atoms with Crippen LogP contribution >= 0.6 is 0 Å². The van der Waals surface area contributed by atoms with Crippen LogP contribution in [0.5, 0.6) is 0 Å². The number of rotatable bonds is 0. The molecule has 0 unspecified atom stereocenters. The molecule has 2 bridgehead atoms. The Morgan fingerprint density at radius 2 is 1.23 bits per heavy atom. The molecule has 2 aliphatic heterocycles. The first-order valence-electron chi connectivity index (χ1n) is 3.61. The third kappa shape index (κ3) is 1.40. The summed E-state index contributed by atoms with van der Waals surface area (Å²) in [4.78, 5) is 22.2. The van der Waals surface area contributed by atoms with Gasteiger partial charge in [-0.1, -0.05) is 0 Å². The van der Waals surface area contributed by atoms with E-state index in [1.807, 2.05) is 0 Å². The van der Waals surface area contributed by atoms with Crippen molar-refractivity contribution in [3.05, 3.63) is 35.4 Å². The van der Waals surface area contributed by atoms with Crippen molar-refractivity contribution in [1.29, 1.82) is 0 Å². The normalized spacial score (nSPS) is 14.8. The molecule has 1 aromatic rings. The Bertz CT molecular complexity index is 322. The monoisotopic (exact) mass is 175 g/mol. The van der Waals surface area contributed by atoms with Gasteiger partial charge in [-0.3, -0.25) is 0 Å². The highest BCUT2D eigenvalue weighted by Gasteiger charge is 2.17. The Labute approximate surface area is 74.8 Å². The van der Waals surface area contributed by atoms with Crippen LogP contribution in [0, 0.1) is 0 Å². The van der Waals surface area contributed by atoms with E-state index in [0.29, 0.717) is 11.1 Å².